The van der Waals surface area contributed by atoms with Crippen LogP contribution >= 0.6 is 11.3 Å². The van der Waals surface area contributed by atoms with Gasteiger partial charge in [-0.25, -0.2) is 4.98 Å². The molecule has 6 rings (SSSR count). The molecule has 192 valence electrons. The molecule has 1 unspecified atom stereocenters. The van der Waals surface area contributed by atoms with E-state index in [-0.39, 0.29) is 16.8 Å². The predicted molar refractivity (Wildman–Crippen MR) is 146 cm³/mol. The summed E-state index contributed by atoms with van der Waals surface area (Å²) in [5.41, 5.74) is 2.71. The number of hydrogen-bond acceptors (Lipinski definition) is 8. The van der Waals surface area contributed by atoms with Crippen LogP contribution in [0.25, 0.3) is 21.2 Å². The van der Waals surface area contributed by atoms with Crippen LogP contribution in [0.2, 0.25) is 0 Å². The van der Waals surface area contributed by atoms with Crippen LogP contribution in [-0.4, -0.2) is 31.7 Å². The van der Waals surface area contributed by atoms with Gasteiger partial charge in [-0.2, -0.15) is 0 Å². The number of aryl methyl sites for hydroxylation is 1. The van der Waals surface area contributed by atoms with Gasteiger partial charge in [0.05, 0.1) is 48.0 Å². The third-order valence-electron chi connectivity index (χ3n) is 6.61. The molecule has 8 nitrogen and oxygen atoms in total. The van der Waals surface area contributed by atoms with Crippen molar-refractivity contribution in [3.63, 3.8) is 0 Å². The van der Waals surface area contributed by atoms with Gasteiger partial charge in [-0.05, 0) is 61.9 Å². The normalized spacial score (nSPS) is 14.8. The number of anilines is 1. The first-order valence-electron chi connectivity index (χ1n) is 12.1. The van der Waals surface area contributed by atoms with E-state index in [2.05, 4.69) is 0 Å². The van der Waals surface area contributed by atoms with E-state index < -0.39 is 11.9 Å². The number of aromatic nitrogens is 1. The first-order chi connectivity index (χ1) is 18.4. The van der Waals surface area contributed by atoms with E-state index in [4.69, 9.17) is 23.6 Å². The van der Waals surface area contributed by atoms with Crippen molar-refractivity contribution in [2.45, 2.75) is 19.9 Å². The van der Waals surface area contributed by atoms with Crippen molar-refractivity contribution in [1.29, 1.82) is 0 Å². The van der Waals surface area contributed by atoms with Crippen molar-refractivity contribution in [1.82, 2.24) is 4.98 Å². The number of thiazole rings is 1. The molecule has 38 heavy (non-hydrogen) atoms. The molecule has 3 heterocycles. The average Bonchev–Trinajstić information content (AvgIpc) is 3.47. The van der Waals surface area contributed by atoms with Crippen LogP contribution in [0.15, 0.2) is 63.8 Å². The maximum atomic E-state index is 13.9. The molecule has 1 atom stereocenters. The molecule has 3 aromatic carbocycles. The lowest BCUT2D eigenvalue weighted by Crippen LogP contribution is -2.29. The van der Waals surface area contributed by atoms with Gasteiger partial charge in [-0.1, -0.05) is 29.0 Å². The van der Waals surface area contributed by atoms with E-state index in [0.717, 1.165) is 21.5 Å². The fourth-order valence-electron chi connectivity index (χ4n) is 4.87. The van der Waals surface area contributed by atoms with Crippen LogP contribution in [-0.2, 0) is 0 Å². The Morgan fingerprint density at radius 2 is 1.82 bits per heavy atom. The Hall–Kier alpha value is -4.37. The molecule has 2 aromatic heterocycles. The number of carbonyl (C=O) groups is 1. The first-order valence-corrected chi connectivity index (χ1v) is 12.9. The van der Waals surface area contributed by atoms with Gasteiger partial charge >= 0.3 is 0 Å². The molecule has 0 saturated carbocycles. The van der Waals surface area contributed by atoms with E-state index in [9.17, 15) is 9.59 Å². The molecule has 1 aliphatic rings. The monoisotopic (exact) mass is 528 g/mol. The maximum Gasteiger partial charge on any atom is 0.297 e. The van der Waals surface area contributed by atoms with Gasteiger partial charge in [0, 0.05) is 0 Å². The Kier molecular flexibility index (Phi) is 5.80. The number of nitrogens with zero attached hydrogens (tertiary/aromatic N) is 2. The van der Waals surface area contributed by atoms with Crippen molar-refractivity contribution in [2.24, 2.45) is 0 Å². The van der Waals surface area contributed by atoms with E-state index in [1.54, 1.807) is 38.5 Å². The third-order valence-corrected chi connectivity index (χ3v) is 7.63. The Labute approximate surface area is 222 Å². The van der Waals surface area contributed by atoms with Gasteiger partial charge in [-0.15, -0.1) is 0 Å². The second-order valence-corrected chi connectivity index (χ2v) is 9.93. The highest BCUT2D eigenvalue weighted by molar-refractivity contribution is 7.22. The van der Waals surface area contributed by atoms with Crippen LogP contribution in [0.5, 0.6) is 17.2 Å². The zero-order valence-corrected chi connectivity index (χ0v) is 22.0. The summed E-state index contributed by atoms with van der Waals surface area (Å²) in [5.74, 6) is 1.33. The van der Waals surface area contributed by atoms with Crippen molar-refractivity contribution in [3.05, 3.63) is 87.3 Å². The van der Waals surface area contributed by atoms with E-state index >= 15 is 0 Å². The molecule has 0 spiro atoms. The van der Waals surface area contributed by atoms with Crippen LogP contribution in [0, 0.1) is 6.92 Å². The van der Waals surface area contributed by atoms with Crippen LogP contribution in [0.1, 0.15) is 40.2 Å². The van der Waals surface area contributed by atoms with Gasteiger partial charge < -0.3 is 18.6 Å². The number of amides is 1. The molecule has 0 radical (unpaired) electrons. The number of carbonyl (C=O) groups excluding carboxylic acids is 1. The summed E-state index contributed by atoms with van der Waals surface area (Å²) < 4.78 is 23.5. The van der Waals surface area contributed by atoms with E-state index in [0.29, 0.717) is 39.8 Å². The summed E-state index contributed by atoms with van der Waals surface area (Å²) in [5, 5.41) is 0.874. The van der Waals surface area contributed by atoms with E-state index in [1.807, 2.05) is 44.2 Å². The highest BCUT2D eigenvalue weighted by atomic mass is 32.1. The maximum absolute atomic E-state index is 13.9. The molecule has 0 N–H and O–H groups in total. The summed E-state index contributed by atoms with van der Waals surface area (Å²) in [6, 6.07) is 15.6. The molecule has 0 saturated heterocycles. The smallest absolute Gasteiger partial charge is 0.297 e. The summed E-state index contributed by atoms with van der Waals surface area (Å²) in [7, 11) is 3.10. The zero-order chi connectivity index (χ0) is 26.6. The van der Waals surface area contributed by atoms with Crippen molar-refractivity contribution in [2.75, 3.05) is 25.7 Å². The van der Waals surface area contributed by atoms with Gasteiger partial charge in [-0.3, -0.25) is 14.5 Å². The lowest BCUT2D eigenvalue weighted by Gasteiger charge is -2.23. The third kappa shape index (κ3) is 3.69. The summed E-state index contributed by atoms with van der Waals surface area (Å²) in [4.78, 5) is 34.2. The molecule has 0 fully saturated rings. The minimum absolute atomic E-state index is 0.0143. The number of hydrogen-bond donors (Lipinski definition) is 0. The van der Waals surface area contributed by atoms with Crippen LogP contribution < -0.4 is 24.5 Å². The lowest BCUT2D eigenvalue weighted by molar-refractivity contribution is 0.0971. The van der Waals surface area contributed by atoms with E-state index in [1.165, 1.54) is 16.2 Å². The summed E-state index contributed by atoms with van der Waals surface area (Å²) in [6.07, 6.45) is 0. The molecule has 1 aliphatic heterocycles. The Balaban J connectivity index is 1.60. The van der Waals surface area contributed by atoms with Crippen LogP contribution in [0.4, 0.5) is 5.13 Å². The van der Waals surface area contributed by atoms with Crippen molar-refractivity contribution < 1.29 is 23.4 Å². The zero-order valence-electron chi connectivity index (χ0n) is 21.2. The molecule has 5 aromatic rings. The molecule has 0 aliphatic carbocycles. The van der Waals surface area contributed by atoms with Gasteiger partial charge in [0.25, 0.3) is 5.91 Å². The topological polar surface area (TPSA) is 91.1 Å². The van der Waals surface area contributed by atoms with Gasteiger partial charge in [0.15, 0.2) is 22.1 Å². The van der Waals surface area contributed by atoms with Crippen molar-refractivity contribution in [3.8, 4) is 17.2 Å². The number of benzene rings is 3. The second-order valence-electron chi connectivity index (χ2n) is 8.92. The average molecular weight is 529 g/mol. The van der Waals surface area contributed by atoms with Crippen molar-refractivity contribution >= 4 is 43.6 Å². The molecule has 0 bridgehead atoms. The highest BCUT2D eigenvalue weighted by Gasteiger charge is 2.45. The summed E-state index contributed by atoms with van der Waals surface area (Å²) >= 11 is 1.35. The summed E-state index contributed by atoms with van der Waals surface area (Å²) in [6.45, 7) is 4.37. The van der Waals surface area contributed by atoms with Gasteiger partial charge in [0.2, 0.25) is 5.76 Å². The van der Waals surface area contributed by atoms with Crippen LogP contribution in [0.3, 0.4) is 0 Å². The minimum Gasteiger partial charge on any atom is -0.494 e. The second kappa shape index (κ2) is 9.18. The SMILES string of the molecule is CCOc1ccc2nc(N3C(=O)c4oc5ccc(C)cc5c(=O)c4C3c3ccc(OC)c(OC)c3)sc2c1. The quantitative estimate of drug-likeness (QED) is 0.272. The Morgan fingerprint density at radius 1 is 1.00 bits per heavy atom. The number of ether oxygens (including phenoxy) is 3. The van der Waals surface area contributed by atoms with Gasteiger partial charge in [0.1, 0.15) is 11.3 Å². The fourth-order valence-corrected chi connectivity index (χ4v) is 5.90. The predicted octanol–water partition coefficient (Wildman–Crippen LogP) is 5.88. The fraction of sp³-hybridized carbons (Fsp3) is 0.207. The Bertz CT molecular complexity index is 1790. The number of fused-ring (bicyclic) bond motifs is 3. The number of methoxy groups -OCH3 is 2. The largest absolute Gasteiger partial charge is 0.494 e. The first kappa shape index (κ1) is 24.0. The Morgan fingerprint density at radius 3 is 2.58 bits per heavy atom. The molecular weight excluding hydrogens is 504 g/mol. The highest BCUT2D eigenvalue weighted by Crippen LogP contribution is 2.45. The number of rotatable bonds is 6. The minimum atomic E-state index is -0.773. The standard InChI is InChI=1S/C29H24N2O6S/c1-5-36-17-8-9-19-23(14-17)38-29(30-19)31-25(16-7-11-21(34-3)22(13-16)35-4)24-26(32)18-12-15(2)6-10-20(18)37-27(24)28(31)33/h6-14,25H,5H2,1-4H3. The lowest BCUT2D eigenvalue weighted by atomic mass is 9.98. The molecule has 1 amide bonds. The molecular formula is C29H24N2O6S. The molecule has 9 heteroatoms.